The molecule has 1 saturated heterocycles. The van der Waals surface area contributed by atoms with Gasteiger partial charge in [0.2, 0.25) is 5.95 Å². The maximum absolute atomic E-state index is 4.48. The normalized spacial score (nSPS) is 21.7. The van der Waals surface area contributed by atoms with E-state index in [4.69, 9.17) is 0 Å². The van der Waals surface area contributed by atoms with Gasteiger partial charge in [-0.25, -0.2) is 9.97 Å². The Morgan fingerprint density at radius 3 is 2.27 bits per heavy atom. The quantitative estimate of drug-likeness (QED) is 0.738. The van der Waals surface area contributed by atoms with Crippen molar-refractivity contribution < 1.29 is 0 Å². The molecule has 0 atom stereocenters. The van der Waals surface area contributed by atoms with Crippen LogP contribution >= 0.6 is 0 Å². The lowest BCUT2D eigenvalue weighted by atomic mass is 10.1. The molecule has 1 aliphatic heterocycles. The first-order valence-electron chi connectivity index (χ1n) is 6.00. The van der Waals surface area contributed by atoms with Crippen molar-refractivity contribution in [3.8, 4) is 0 Å². The topological polar surface area (TPSA) is 29.0 Å². The third-order valence-electron chi connectivity index (χ3n) is 3.35. The highest BCUT2D eigenvalue weighted by Gasteiger charge is 2.24. The minimum absolute atomic E-state index is 0.764. The number of nitrogens with zero attached hydrogens (tertiary/aromatic N) is 3. The van der Waals surface area contributed by atoms with E-state index < -0.39 is 0 Å². The second-order valence-electron chi connectivity index (χ2n) is 4.64. The first kappa shape index (κ1) is 9.13. The smallest absolute Gasteiger partial charge is 0.225 e. The summed E-state index contributed by atoms with van der Waals surface area (Å²) in [6.07, 6.45) is 10.6. The van der Waals surface area contributed by atoms with Gasteiger partial charge in [-0.15, -0.1) is 0 Å². The largest absolute Gasteiger partial charge is 0.341 e. The van der Waals surface area contributed by atoms with Gasteiger partial charge in [-0.1, -0.05) is 0 Å². The van der Waals surface area contributed by atoms with E-state index >= 15 is 0 Å². The average molecular weight is 203 g/mol. The third-order valence-corrected chi connectivity index (χ3v) is 3.35. The molecule has 0 bridgehead atoms. The fraction of sp³-hybridized carbons (Fsp3) is 0.667. The van der Waals surface area contributed by atoms with Gasteiger partial charge in [0.15, 0.2) is 0 Å². The second-order valence-corrected chi connectivity index (χ2v) is 4.64. The third kappa shape index (κ3) is 1.96. The molecule has 0 radical (unpaired) electrons. The minimum Gasteiger partial charge on any atom is -0.341 e. The summed E-state index contributed by atoms with van der Waals surface area (Å²) in [6, 6.07) is 0. The highest BCUT2D eigenvalue weighted by atomic mass is 15.2. The van der Waals surface area contributed by atoms with Crippen LogP contribution in [0, 0.1) is 0 Å². The molecule has 80 valence electrons. The molecule has 1 saturated carbocycles. The maximum Gasteiger partial charge on any atom is 0.225 e. The van der Waals surface area contributed by atoms with Gasteiger partial charge in [0.25, 0.3) is 0 Å². The molecule has 15 heavy (non-hydrogen) atoms. The molecule has 3 rings (SSSR count). The molecule has 2 fully saturated rings. The maximum atomic E-state index is 4.48. The van der Waals surface area contributed by atoms with Crippen LogP contribution in [0.25, 0.3) is 0 Å². The fourth-order valence-electron chi connectivity index (χ4n) is 2.22. The number of aromatic nitrogens is 2. The van der Waals surface area contributed by atoms with E-state index in [1.54, 1.807) is 0 Å². The number of anilines is 1. The standard InChI is InChI=1S/C12H17N3/c1-2-6-15(7-3-1)12-13-8-11(9-14-12)10-4-5-10/h8-10H,1-7H2. The van der Waals surface area contributed by atoms with Crippen molar-refractivity contribution in [2.75, 3.05) is 18.0 Å². The van der Waals surface area contributed by atoms with Crippen LogP contribution in [-0.4, -0.2) is 23.1 Å². The van der Waals surface area contributed by atoms with Crippen molar-refractivity contribution in [1.29, 1.82) is 0 Å². The van der Waals surface area contributed by atoms with Crippen molar-refractivity contribution in [2.45, 2.75) is 38.0 Å². The molecule has 1 aliphatic carbocycles. The average Bonchev–Trinajstić information content (AvgIpc) is 3.15. The Morgan fingerprint density at radius 2 is 1.67 bits per heavy atom. The van der Waals surface area contributed by atoms with Crippen LogP contribution < -0.4 is 4.90 Å². The Bertz CT molecular complexity index is 323. The molecule has 3 nitrogen and oxygen atoms in total. The van der Waals surface area contributed by atoms with Gasteiger partial charge in [0.05, 0.1) is 0 Å². The summed E-state index contributed by atoms with van der Waals surface area (Å²) in [5.74, 6) is 1.69. The Morgan fingerprint density at radius 1 is 1.00 bits per heavy atom. The summed E-state index contributed by atoms with van der Waals surface area (Å²) in [4.78, 5) is 11.3. The zero-order valence-corrected chi connectivity index (χ0v) is 9.02. The van der Waals surface area contributed by atoms with E-state index in [-0.39, 0.29) is 0 Å². The summed E-state index contributed by atoms with van der Waals surface area (Å²) in [5, 5.41) is 0. The zero-order valence-electron chi connectivity index (χ0n) is 9.02. The van der Waals surface area contributed by atoms with E-state index in [0.717, 1.165) is 25.0 Å². The van der Waals surface area contributed by atoms with E-state index in [2.05, 4.69) is 14.9 Å². The first-order chi connectivity index (χ1) is 7.43. The van der Waals surface area contributed by atoms with Gasteiger partial charge in [-0.2, -0.15) is 0 Å². The predicted octanol–water partition coefficient (Wildman–Crippen LogP) is 2.34. The molecule has 0 aromatic carbocycles. The van der Waals surface area contributed by atoms with Crippen LogP contribution in [0.2, 0.25) is 0 Å². The predicted molar refractivity (Wildman–Crippen MR) is 60.1 cm³/mol. The summed E-state index contributed by atoms with van der Waals surface area (Å²) in [7, 11) is 0. The van der Waals surface area contributed by atoms with Crippen LogP contribution in [0.15, 0.2) is 12.4 Å². The number of hydrogen-bond acceptors (Lipinski definition) is 3. The zero-order chi connectivity index (χ0) is 10.1. The van der Waals surface area contributed by atoms with Crippen molar-refractivity contribution in [1.82, 2.24) is 9.97 Å². The molecular weight excluding hydrogens is 186 g/mol. The molecular formula is C12H17N3. The minimum atomic E-state index is 0.764. The molecule has 3 heteroatoms. The SMILES string of the molecule is c1nc(N2CCCCC2)ncc1C1CC1. The molecule has 0 spiro atoms. The van der Waals surface area contributed by atoms with Crippen molar-refractivity contribution in [3.63, 3.8) is 0 Å². The molecule has 0 amide bonds. The number of rotatable bonds is 2. The molecule has 2 aliphatic rings. The molecule has 2 heterocycles. The van der Waals surface area contributed by atoms with Gasteiger partial charge in [-0.05, 0) is 43.6 Å². The van der Waals surface area contributed by atoms with Gasteiger partial charge in [0.1, 0.15) is 0 Å². The summed E-state index contributed by atoms with van der Waals surface area (Å²) < 4.78 is 0. The van der Waals surface area contributed by atoms with E-state index in [1.165, 1.54) is 37.7 Å². The number of piperidine rings is 1. The molecule has 1 aromatic heterocycles. The highest BCUT2D eigenvalue weighted by molar-refractivity contribution is 5.31. The molecule has 0 N–H and O–H groups in total. The van der Waals surface area contributed by atoms with Crippen molar-refractivity contribution in [2.24, 2.45) is 0 Å². The molecule has 1 aromatic rings. The van der Waals surface area contributed by atoms with Crippen LogP contribution in [0.3, 0.4) is 0 Å². The Balaban J connectivity index is 1.73. The summed E-state index contributed by atoms with van der Waals surface area (Å²) in [6.45, 7) is 2.26. The summed E-state index contributed by atoms with van der Waals surface area (Å²) >= 11 is 0. The van der Waals surface area contributed by atoms with Crippen molar-refractivity contribution in [3.05, 3.63) is 18.0 Å². The van der Waals surface area contributed by atoms with Crippen LogP contribution in [0.4, 0.5) is 5.95 Å². The lowest BCUT2D eigenvalue weighted by Crippen LogP contribution is -2.30. The Hall–Kier alpha value is -1.12. The van der Waals surface area contributed by atoms with Gasteiger partial charge in [-0.3, -0.25) is 0 Å². The monoisotopic (exact) mass is 203 g/mol. The van der Waals surface area contributed by atoms with Crippen LogP contribution in [0.1, 0.15) is 43.6 Å². The van der Waals surface area contributed by atoms with E-state index in [9.17, 15) is 0 Å². The first-order valence-corrected chi connectivity index (χ1v) is 6.00. The lowest BCUT2D eigenvalue weighted by Gasteiger charge is -2.26. The van der Waals surface area contributed by atoms with E-state index in [1.807, 2.05) is 12.4 Å². The Kier molecular flexibility index (Phi) is 2.31. The van der Waals surface area contributed by atoms with E-state index in [0.29, 0.717) is 0 Å². The van der Waals surface area contributed by atoms with Gasteiger partial charge in [0, 0.05) is 25.5 Å². The fourth-order valence-corrected chi connectivity index (χ4v) is 2.22. The van der Waals surface area contributed by atoms with Gasteiger partial charge < -0.3 is 4.90 Å². The Labute approximate surface area is 90.5 Å². The second kappa shape index (κ2) is 3.80. The number of hydrogen-bond donors (Lipinski definition) is 0. The summed E-state index contributed by atoms with van der Waals surface area (Å²) in [5.41, 5.74) is 1.33. The van der Waals surface area contributed by atoms with Gasteiger partial charge >= 0.3 is 0 Å². The van der Waals surface area contributed by atoms with Crippen molar-refractivity contribution >= 4 is 5.95 Å². The van der Waals surface area contributed by atoms with Crippen LogP contribution in [0.5, 0.6) is 0 Å². The highest BCUT2D eigenvalue weighted by Crippen LogP contribution is 2.39. The van der Waals surface area contributed by atoms with Crippen LogP contribution in [-0.2, 0) is 0 Å². The lowest BCUT2D eigenvalue weighted by molar-refractivity contribution is 0.568. The molecule has 0 unspecified atom stereocenters.